The van der Waals surface area contributed by atoms with Gasteiger partial charge in [-0.2, -0.15) is 0 Å². The van der Waals surface area contributed by atoms with Gasteiger partial charge in [0.15, 0.2) is 5.69 Å². The molecule has 1 saturated heterocycles. The van der Waals surface area contributed by atoms with Crippen LogP contribution >= 0.6 is 11.3 Å². The molecule has 31 heavy (non-hydrogen) atoms. The van der Waals surface area contributed by atoms with Gasteiger partial charge in [0.05, 0.1) is 35.0 Å². The molecule has 2 amide bonds. The molecule has 1 aliphatic heterocycles. The van der Waals surface area contributed by atoms with Crippen molar-refractivity contribution in [1.82, 2.24) is 25.2 Å². The van der Waals surface area contributed by atoms with Crippen LogP contribution in [0.5, 0.6) is 0 Å². The van der Waals surface area contributed by atoms with Gasteiger partial charge in [0.25, 0.3) is 5.91 Å². The van der Waals surface area contributed by atoms with Crippen LogP contribution < -0.4 is 10.6 Å². The third kappa shape index (κ3) is 4.47. The van der Waals surface area contributed by atoms with Gasteiger partial charge in [0.2, 0.25) is 11.9 Å². The first-order valence-corrected chi connectivity index (χ1v) is 10.6. The molecule has 1 atom stereocenters. The van der Waals surface area contributed by atoms with E-state index in [-0.39, 0.29) is 48.6 Å². The van der Waals surface area contributed by atoms with Gasteiger partial charge in [0, 0.05) is 25.8 Å². The van der Waals surface area contributed by atoms with Crippen molar-refractivity contribution in [3.63, 3.8) is 0 Å². The normalized spacial score (nSPS) is 14.9. The Balaban J connectivity index is 1.51. The molecule has 0 bridgehead atoms. The lowest BCUT2D eigenvalue weighted by Crippen LogP contribution is -2.56. The van der Waals surface area contributed by atoms with Gasteiger partial charge >= 0.3 is 0 Å². The molecule has 162 valence electrons. The maximum atomic E-state index is 13.5. The second kappa shape index (κ2) is 8.90. The minimum atomic E-state index is -0.438. The Kier molecular flexibility index (Phi) is 6.05. The van der Waals surface area contributed by atoms with Crippen LogP contribution in [0.4, 0.5) is 10.3 Å². The Morgan fingerprint density at radius 2 is 2.16 bits per heavy atom. The molecule has 0 radical (unpaired) electrons. The maximum absolute atomic E-state index is 13.5. The van der Waals surface area contributed by atoms with Crippen molar-refractivity contribution in [1.29, 1.82) is 0 Å². The van der Waals surface area contributed by atoms with E-state index in [4.69, 9.17) is 5.11 Å². The number of aromatic nitrogens is 3. The van der Waals surface area contributed by atoms with Gasteiger partial charge in [0.1, 0.15) is 5.82 Å². The number of aliphatic hydroxyl groups excluding tert-OH is 1. The Hall–Kier alpha value is -3.18. The zero-order valence-corrected chi connectivity index (χ0v) is 17.5. The Morgan fingerprint density at radius 1 is 1.35 bits per heavy atom. The predicted molar refractivity (Wildman–Crippen MR) is 113 cm³/mol. The average Bonchev–Trinajstić information content (AvgIpc) is 3.19. The lowest BCUT2D eigenvalue weighted by molar-refractivity contribution is -0.129. The fourth-order valence-corrected chi connectivity index (χ4v) is 4.11. The summed E-state index contributed by atoms with van der Waals surface area (Å²) in [5.74, 6) is -0.934. The third-order valence-corrected chi connectivity index (χ3v) is 5.94. The SMILES string of the molecule is C[C@H](Nc1nc(C(=O)N2CC(C(=O)NCCO)C2)c2sccc2n1)c1cncc(F)c1. The zero-order valence-electron chi connectivity index (χ0n) is 16.7. The van der Waals surface area contributed by atoms with Crippen molar-refractivity contribution in [3.8, 4) is 0 Å². The molecule has 3 aromatic rings. The molecule has 9 nitrogen and oxygen atoms in total. The zero-order chi connectivity index (χ0) is 22.0. The molecular weight excluding hydrogens is 423 g/mol. The van der Waals surface area contributed by atoms with Crippen molar-refractivity contribution < 1.29 is 19.1 Å². The van der Waals surface area contributed by atoms with E-state index in [2.05, 4.69) is 25.6 Å². The van der Waals surface area contributed by atoms with Crippen molar-refractivity contribution >= 4 is 39.3 Å². The van der Waals surface area contributed by atoms with Gasteiger partial charge in [-0.1, -0.05) is 0 Å². The largest absolute Gasteiger partial charge is 0.395 e. The third-order valence-electron chi connectivity index (χ3n) is 5.03. The second-order valence-electron chi connectivity index (χ2n) is 7.25. The van der Waals surface area contributed by atoms with Crippen LogP contribution in [0, 0.1) is 11.7 Å². The number of likely N-dealkylation sites (tertiary alicyclic amines) is 1. The minimum absolute atomic E-state index is 0.127. The van der Waals surface area contributed by atoms with Crippen molar-refractivity contribution in [2.24, 2.45) is 5.92 Å². The number of thiophene rings is 1. The molecule has 3 aromatic heterocycles. The number of carbonyl (C=O) groups excluding carboxylic acids is 2. The van der Waals surface area contributed by atoms with Crippen LogP contribution in [0.25, 0.3) is 10.2 Å². The van der Waals surface area contributed by atoms with Crippen LogP contribution in [0.1, 0.15) is 29.0 Å². The number of hydrogen-bond donors (Lipinski definition) is 3. The summed E-state index contributed by atoms with van der Waals surface area (Å²) in [6, 6.07) is 2.85. The first-order valence-electron chi connectivity index (χ1n) is 9.76. The minimum Gasteiger partial charge on any atom is -0.395 e. The standard InChI is InChI=1S/C20H21FN6O3S/c1-11(12-6-14(21)8-22-7-12)24-20-25-15-2-5-31-17(15)16(26-20)19(30)27-9-13(10-27)18(29)23-3-4-28/h2,5-8,11,13,28H,3-4,9-10H2,1H3,(H,23,29)(H,24,25,26)/t11-/m0/s1. The highest BCUT2D eigenvalue weighted by atomic mass is 32.1. The summed E-state index contributed by atoms with van der Waals surface area (Å²) in [5.41, 5.74) is 1.52. The van der Waals surface area contributed by atoms with E-state index in [1.165, 1.54) is 17.4 Å². The number of rotatable bonds is 7. The number of pyridine rings is 1. The first-order chi connectivity index (χ1) is 15.0. The molecule has 4 heterocycles. The van der Waals surface area contributed by atoms with Crippen molar-refractivity contribution in [2.75, 3.05) is 31.6 Å². The topological polar surface area (TPSA) is 120 Å². The highest BCUT2D eigenvalue weighted by Crippen LogP contribution is 2.28. The number of amides is 2. The average molecular weight is 444 g/mol. The molecule has 0 saturated carbocycles. The Bertz CT molecular complexity index is 1120. The molecule has 0 spiro atoms. The summed E-state index contributed by atoms with van der Waals surface area (Å²) in [5, 5.41) is 16.4. The molecular formula is C20H21FN6O3S. The summed E-state index contributed by atoms with van der Waals surface area (Å²) in [4.78, 5) is 39.3. The van der Waals surface area contributed by atoms with E-state index in [1.54, 1.807) is 17.2 Å². The van der Waals surface area contributed by atoms with E-state index < -0.39 is 5.82 Å². The van der Waals surface area contributed by atoms with Crippen molar-refractivity contribution in [2.45, 2.75) is 13.0 Å². The van der Waals surface area contributed by atoms with E-state index in [0.717, 1.165) is 6.20 Å². The molecule has 1 aliphatic rings. The number of nitrogens with one attached hydrogen (secondary N) is 2. The predicted octanol–water partition coefficient (Wildman–Crippen LogP) is 1.58. The Morgan fingerprint density at radius 3 is 2.90 bits per heavy atom. The molecule has 4 rings (SSSR count). The van der Waals surface area contributed by atoms with Crippen LogP contribution in [-0.4, -0.2) is 63.0 Å². The molecule has 0 aromatic carbocycles. The van der Waals surface area contributed by atoms with Crippen LogP contribution in [-0.2, 0) is 4.79 Å². The van der Waals surface area contributed by atoms with Crippen LogP contribution in [0.2, 0.25) is 0 Å². The van der Waals surface area contributed by atoms with Gasteiger partial charge in [-0.3, -0.25) is 14.6 Å². The monoisotopic (exact) mass is 444 g/mol. The molecule has 1 fully saturated rings. The highest BCUT2D eigenvalue weighted by molar-refractivity contribution is 7.17. The molecule has 0 unspecified atom stereocenters. The number of fused-ring (bicyclic) bond motifs is 1. The number of aliphatic hydroxyl groups is 1. The fourth-order valence-electron chi connectivity index (χ4n) is 3.30. The lowest BCUT2D eigenvalue weighted by Gasteiger charge is -2.38. The lowest BCUT2D eigenvalue weighted by atomic mass is 9.98. The highest BCUT2D eigenvalue weighted by Gasteiger charge is 2.37. The van der Waals surface area contributed by atoms with E-state index in [1.807, 2.05) is 12.3 Å². The maximum Gasteiger partial charge on any atom is 0.274 e. The van der Waals surface area contributed by atoms with Crippen LogP contribution in [0.15, 0.2) is 29.9 Å². The van der Waals surface area contributed by atoms with Crippen molar-refractivity contribution in [3.05, 3.63) is 47.0 Å². The molecule has 0 aliphatic carbocycles. The van der Waals surface area contributed by atoms with E-state index >= 15 is 0 Å². The number of hydrogen-bond acceptors (Lipinski definition) is 8. The second-order valence-corrected chi connectivity index (χ2v) is 8.17. The summed E-state index contributed by atoms with van der Waals surface area (Å²) < 4.78 is 14.2. The van der Waals surface area contributed by atoms with E-state index in [0.29, 0.717) is 28.9 Å². The summed E-state index contributed by atoms with van der Waals surface area (Å²) >= 11 is 1.37. The van der Waals surface area contributed by atoms with Gasteiger partial charge in [-0.05, 0) is 30.0 Å². The smallest absolute Gasteiger partial charge is 0.274 e. The summed E-state index contributed by atoms with van der Waals surface area (Å²) in [6.45, 7) is 2.48. The number of nitrogens with zero attached hydrogens (tertiary/aromatic N) is 4. The molecule has 11 heteroatoms. The van der Waals surface area contributed by atoms with E-state index in [9.17, 15) is 14.0 Å². The first kappa shape index (κ1) is 21.1. The molecule has 3 N–H and O–H groups in total. The van der Waals surface area contributed by atoms with Gasteiger partial charge in [-0.15, -0.1) is 11.3 Å². The quantitative estimate of drug-likeness (QED) is 0.506. The summed E-state index contributed by atoms with van der Waals surface area (Å²) in [7, 11) is 0. The van der Waals surface area contributed by atoms with Gasteiger partial charge < -0.3 is 20.6 Å². The Labute approximate surface area is 181 Å². The number of halogens is 1. The fraction of sp³-hybridized carbons (Fsp3) is 0.350. The van der Waals surface area contributed by atoms with Gasteiger partial charge in [-0.25, -0.2) is 14.4 Å². The number of anilines is 1. The van der Waals surface area contributed by atoms with Crippen LogP contribution in [0.3, 0.4) is 0 Å². The summed E-state index contributed by atoms with van der Waals surface area (Å²) in [6.07, 6.45) is 2.68. The number of carbonyl (C=O) groups is 2.